The minimum Gasteiger partial charge on any atom is -0.444 e. The van der Waals surface area contributed by atoms with Gasteiger partial charge >= 0.3 is 6.09 Å². The lowest BCUT2D eigenvalue weighted by molar-refractivity contribution is -0.0299. The van der Waals surface area contributed by atoms with Gasteiger partial charge in [0.25, 0.3) is 0 Å². The van der Waals surface area contributed by atoms with Gasteiger partial charge in [-0.15, -0.1) is 0 Å². The van der Waals surface area contributed by atoms with Crippen LogP contribution in [0.25, 0.3) is 0 Å². The minimum absolute atomic E-state index is 0.0309. The fraction of sp³-hybridized carbons (Fsp3) is 0.929. The second-order valence-corrected chi connectivity index (χ2v) is 8.44. The second-order valence-electron chi connectivity index (χ2n) is 6.35. The van der Waals surface area contributed by atoms with Crippen LogP contribution in [0.15, 0.2) is 0 Å². The Morgan fingerprint density at radius 2 is 1.74 bits per heavy atom. The first-order valence-electron chi connectivity index (χ1n) is 7.68. The summed E-state index contributed by atoms with van der Waals surface area (Å²) in [6.45, 7) is 7.18. The number of ether oxygens (including phenoxy) is 3. The molecule has 0 atom stereocenters. The summed E-state index contributed by atoms with van der Waals surface area (Å²) < 4.78 is 41.0. The average Bonchev–Trinajstić information content (AvgIpc) is 2.45. The average molecular weight is 352 g/mol. The van der Waals surface area contributed by atoms with E-state index in [2.05, 4.69) is 0 Å². The summed E-state index contributed by atoms with van der Waals surface area (Å²) >= 11 is 0. The van der Waals surface area contributed by atoms with Crippen LogP contribution in [0, 0.1) is 0 Å². The fourth-order valence-electron chi connectivity index (χ4n) is 2.09. The molecule has 0 saturated carbocycles. The van der Waals surface area contributed by atoms with Gasteiger partial charge in [0.2, 0.25) is 10.0 Å². The van der Waals surface area contributed by atoms with Crippen molar-refractivity contribution in [3.63, 3.8) is 0 Å². The lowest BCUT2D eigenvalue weighted by Gasteiger charge is -2.35. The zero-order valence-corrected chi connectivity index (χ0v) is 15.2. The molecule has 8 nitrogen and oxygen atoms in total. The SMILES string of the molecule is COCOCCCS(=O)(=O)N1CCN(C(=O)OC(C)(C)C)CC1. The van der Waals surface area contributed by atoms with E-state index in [1.807, 2.05) is 0 Å². The van der Waals surface area contributed by atoms with Crippen LogP contribution in [0.1, 0.15) is 27.2 Å². The molecule has 1 fully saturated rings. The largest absolute Gasteiger partial charge is 0.444 e. The molecule has 0 aromatic carbocycles. The molecule has 1 rings (SSSR count). The molecule has 23 heavy (non-hydrogen) atoms. The lowest BCUT2D eigenvalue weighted by Crippen LogP contribution is -2.52. The first-order valence-corrected chi connectivity index (χ1v) is 9.29. The quantitative estimate of drug-likeness (QED) is 0.499. The van der Waals surface area contributed by atoms with Crippen molar-refractivity contribution in [3.8, 4) is 0 Å². The summed E-state index contributed by atoms with van der Waals surface area (Å²) in [5, 5.41) is 0. The number of methoxy groups -OCH3 is 1. The molecule has 0 radical (unpaired) electrons. The summed E-state index contributed by atoms with van der Waals surface area (Å²) in [6, 6.07) is 0. The summed E-state index contributed by atoms with van der Waals surface area (Å²) in [5.41, 5.74) is -0.553. The van der Waals surface area contributed by atoms with Crippen LogP contribution in [-0.2, 0) is 24.2 Å². The van der Waals surface area contributed by atoms with Gasteiger partial charge in [-0.2, -0.15) is 4.31 Å². The van der Waals surface area contributed by atoms with Crippen molar-refractivity contribution in [2.45, 2.75) is 32.8 Å². The van der Waals surface area contributed by atoms with E-state index in [1.54, 1.807) is 25.7 Å². The number of carbonyl (C=O) groups is 1. The molecule has 0 aromatic heterocycles. The summed E-state index contributed by atoms with van der Waals surface area (Å²) in [4.78, 5) is 13.5. The molecule has 0 unspecified atom stereocenters. The highest BCUT2D eigenvalue weighted by Gasteiger charge is 2.30. The monoisotopic (exact) mass is 352 g/mol. The Balaban J connectivity index is 2.38. The van der Waals surface area contributed by atoms with E-state index < -0.39 is 21.7 Å². The van der Waals surface area contributed by atoms with E-state index in [0.29, 0.717) is 39.2 Å². The van der Waals surface area contributed by atoms with Crippen LogP contribution in [0.3, 0.4) is 0 Å². The second kappa shape index (κ2) is 8.81. The Bertz CT molecular complexity index is 466. The van der Waals surface area contributed by atoms with Crippen LogP contribution < -0.4 is 0 Å². The minimum atomic E-state index is -3.32. The number of hydrogen-bond acceptors (Lipinski definition) is 6. The van der Waals surface area contributed by atoms with Crippen molar-refractivity contribution in [1.29, 1.82) is 0 Å². The maximum absolute atomic E-state index is 12.2. The Hall–Kier alpha value is -0.900. The predicted molar refractivity (Wildman–Crippen MR) is 85.6 cm³/mol. The van der Waals surface area contributed by atoms with Crippen molar-refractivity contribution >= 4 is 16.1 Å². The Morgan fingerprint density at radius 3 is 2.26 bits per heavy atom. The van der Waals surface area contributed by atoms with Gasteiger partial charge in [-0.3, -0.25) is 0 Å². The third-order valence-electron chi connectivity index (χ3n) is 3.18. The maximum Gasteiger partial charge on any atom is 0.410 e. The van der Waals surface area contributed by atoms with Gasteiger partial charge in [0.15, 0.2) is 0 Å². The van der Waals surface area contributed by atoms with E-state index in [9.17, 15) is 13.2 Å². The van der Waals surface area contributed by atoms with E-state index in [1.165, 1.54) is 11.4 Å². The fourth-order valence-corrected chi connectivity index (χ4v) is 3.55. The molecule has 1 aliphatic heterocycles. The van der Waals surface area contributed by atoms with Crippen molar-refractivity contribution in [3.05, 3.63) is 0 Å². The standard InChI is InChI=1S/C14H28N2O6S/c1-14(2,3)22-13(17)15-6-8-16(9-7-15)23(18,19)11-5-10-21-12-20-4/h5-12H2,1-4H3. The third-order valence-corrected chi connectivity index (χ3v) is 5.13. The predicted octanol–water partition coefficient (Wildman–Crippen LogP) is 0.880. The van der Waals surface area contributed by atoms with Crippen LogP contribution in [0.4, 0.5) is 4.79 Å². The topological polar surface area (TPSA) is 85.4 Å². The molecular weight excluding hydrogens is 324 g/mol. The molecule has 1 aliphatic rings. The Labute approximate surface area is 138 Å². The molecule has 0 aliphatic carbocycles. The Morgan fingerprint density at radius 1 is 1.13 bits per heavy atom. The number of carbonyl (C=O) groups excluding carboxylic acids is 1. The van der Waals surface area contributed by atoms with E-state index in [4.69, 9.17) is 14.2 Å². The molecule has 0 spiro atoms. The smallest absolute Gasteiger partial charge is 0.410 e. The molecule has 0 N–H and O–H groups in total. The van der Waals surface area contributed by atoms with Crippen molar-refractivity contribution in [1.82, 2.24) is 9.21 Å². The lowest BCUT2D eigenvalue weighted by atomic mass is 10.2. The van der Waals surface area contributed by atoms with Gasteiger partial charge in [0.1, 0.15) is 12.4 Å². The van der Waals surface area contributed by atoms with Crippen LogP contribution >= 0.6 is 0 Å². The van der Waals surface area contributed by atoms with E-state index in [-0.39, 0.29) is 12.5 Å². The van der Waals surface area contributed by atoms with Crippen molar-refractivity contribution in [2.24, 2.45) is 0 Å². The van der Waals surface area contributed by atoms with E-state index >= 15 is 0 Å². The molecule has 9 heteroatoms. The molecule has 0 aromatic rings. The summed E-state index contributed by atoms with van der Waals surface area (Å²) in [5.74, 6) is 0.0309. The summed E-state index contributed by atoms with van der Waals surface area (Å²) in [6.07, 6.45) is 0.0142. The number of sulfonamides is 1. The normalized spacial score (nSPS) is 17.3. The van der Waals surface area contributed by atoms with Gasteiger partial charge in [-0.25, -0.2) is 13.2 Å². The maximum atomic E-state index is 12.2. The molecular formula is C14H28N2O6S. The highest BCUT2D eigenvalue weighted by molar-refractivity contribution is 7.89. The molecule has 0 bridgehead atoms. The van der Waals surface area contributed by atoms with Gasteiger partial charge in [0.05, 0.1) is 12.4 Å². The Kier molecular flexibility index (Phi) is 7.72. The van der Waals surface area contributed by atoms with Crippen LogP contribution in [0.5, 0.6) is 0 Å². The first kappa shape index (κ1) is 20.1. The number of amides is 1. The van der Waals surface area contributed by atoms with Gasteiger partial charge < -0.3 is 19.1 Å². The van der Waals surface area contributed by atoms with Crippen molar-refractivity contribution < 1.29 is 27.4 Å². The molecule has 136 valence electrons. The van der Waals surface area contributed by atoms with Gasteiger partial charge in [0, 0.05) is 33.3 Å². The highest BCUT2D eigenvalue weighted by atomic mass is 32.2. The van der Waals surface area contributed by atoms with Crippen LogP contribution in [0.2, 0.25) is 0 Å². The molecule has 1 heterocycles. The number of rotatable bonds is 7. The number of piperazine rings is 1. The zero-order chi connectivity index (χ0) is 17.5. The van der Waals surface area contributed by atoms with Crippen LogP contribution in [-0.4, -0.2) is 81.8 Å². The summed E-state index contributed by atoms with van der Waals surface area (Å²) in [7, 11) is -1.81. The molecule has 1 amide bonds. The van der Waals surface area contributed by atoms with Crippen molar-refractivity contribution in [2.75, 3.05) is 52.4 Å². The number of hydrogen-bond donors (Lipinski definition) is 0. The van der Waals surface area contributed by atoms with Gasteiger partial charge in [-0.1, -0.05) is 0 Å². The number of nitrogens with zero attached hydrogens (tertiary/aromatic N) is 2. The van der Waals surface area contributed by atoms with E-state index in [0.717, 1.165) is 0 Å². The zero-order valence-electron chi connectivity index (χ0n) is 14.4. The first-order chi connectivity index (χ1) is 10.7. The third kappa shape index (κ3) is 7.47. The van der Waals surface area contributed by atoms with Gasteiger partial charge in [-0.05, 0) is 27.2 Å². The highest BCUT2D eigenvalue weighted by Crippen LogP contribution is 2.14. The molecule has 1 saturated heterocycles.